The van der Waals surface area contributed by atoms with Gasteiger partial charge in [-0.15, -0.1) is 0 Å². The molecule has 0 aliphatic rings. The van der Waals surface area contributed by atoms with Gasteiger partial charge in [-0.05, 0) is 28.8 Å². The normalized spacial score (nSPS) is 11.9. The minimum absolute atomic E-state index is 0.145. The van der Waals surface area contributed by atoms with Crippen molar-refractivity contribution in [2.24, 2.45) is 0 Å². The van der Waals surface area contributed by atoms with Gasteiger partial charge in [0.05, 0.1) is 12.6 Å². The van der Waals surface area contributed by atoms with Gasteiger partial charge in [0.15, 0.2) is 0 Å². The number of nitrogens with one attached hydrogen (secondary N) is 1. The quantitative estimate of drug-likeness (QED) is 0.604. The first-order chi connectivity index (χ1) is 12.7. The Kier molecular flexibility index (Phi) is 5.74. The molecule has 0 radical (unpaired) electrons. The van der Waals surface area contributed by atoms with Gasteiger partial charge in [-0.3, -0.25) is 0 Å². The Hall–Kier alpha value is -3.01. The number of phenols is 1. The van der Waals surface area contributed by atoms with Gasteiger partial charge in [0, 0.05) is 5.56 Å². The van der Waals surface area contributed by atoms with E-state index < -0.39 is 12.1 Å². The van der Waals surface area contributed by atoms with Crippen LogP contribution in [0.25, 0.3) is 10.8 Å². The lowest BCUT2D eigenvalue weighted by Gasteiger charge is -2.22. The number of hydrogen-bond donors (Lipinski definition) is 2. The smallest absolute Gasteiger partial charge is 0.407 e. The highest BCUT2D eigenvalue weighted by Gasteiger charge is 2.22. The highest BCUT2D eigenvalue weighted by molar-refractivity contribution is 5.89. The average Bonchev–Trinajstić information content (AvgIpc) is 2.67. The molecule has 3 aromatic rings. The van der Waals surface area contributed by atoms with Crippen LogP contribution in [0.2, 0.25) is 0 Å². The maximum atomic E-state index is 12.3. The predicted molar refractivity (Wildman–Crippen MR) is 103 cm³/mol. The van der Waals surface area contributed by atoms with Crippen molar-refractivity contribution in [2.75, 3.05) is 6.61 Å². The van der Waals surface area contributed by atoms with Crippen molar-refractivity contribution >= 4 is 16.9 Å². The molecule has 0 saturated carbocycles. The largest absolute Gasteiger partial charge is 0.508 e. The van der Waals surface area contributed by atoms with Crippen LogP contribution in [0.3, 0.4) is 0 Å². The van der Waals surface area contributed by atoms with Crippen molar-refractivity contribution in [3.63, 3.8) is 0 Å². The Balaban J connectivity index is 2.02. The highest BCUT2D eigenvalue weighted by atomic mass is 16.5. The van der Waals surface area contributed by atoms with E-state index in [-0.39, 0.29) is 5.75 Å². The summed E-state index contributed by atoms with van der Waals surface area (Å²) in [6.45, 7) is 2.42. The predicted octanol–water partition coefficient (Wildman–Crippen LogP) is 5.16. The van der Waals surface area contributed by atoms with E-state index in [0.717, 1.165) is 29.2 Å². The van der Waals surface area contributed by atoms with Crippen molar-refractivity contribution in [2.45, 2.75) is 25.8 Å². The molecule has 1 atom stereocenters. The van der Waals surface area contributed by atoms with Gasteiger partial charge in [0.25, 0.3) is 0 Å². The zero-order valence-corrected chi connectivity index (χ0v) is 14.8. The van der Waals surface area contributed by atoms with E-state index in [1.54, 1.807) is 6.07 Å². The molecule has 2 N–H and O–H groups in total. The number of aromatic hydroxyl groups is 1. The molecule has 134 valence electrons. The topological polar surface area (TPSA) is 58.6 Å². The van der Waals surface area contributed by atoms with Crippen LogP contribution in [0.5, 0.6) is 5.75 Å². The number of carbonyl (C=O) groups is 1. The molecule has 0 saturated heterocycles. The van der Waals surface area contributed by atoms with E-state index >= 15 is 0 Å². The fraction of sp³-hybridized carbons (Fsp3) is 0.227. The number of benzene rings is 3. The summed E-state index contributed by atoms with van der Waals surface area (Å²) in [5.74, 6) is 0.145. The van der Waals surface area contributed by atoms with E-state index in [2.05, 4.69) is 5.32 Å². The van der Waals surface area contributed by atoms with Crippen molar-refractivity contribution < 1.29 is 14.6 Å². The van der Waals surface area contributed by atoms with Gasteiger partial charge in [-0.2, -0.15) is 0 Å². The molecule has 0 aromatic heterocycles. The number of amides is 1. The molecular weight excluding hydrogens is 326 g/mol. The molecule has 0 fully saturated rings. The van der Waals surface area contributed by atoms with Crippen LogP contribution in [0.1, 0.15) is 36.9 Å². The number of rotatable bonds is 6. The van der Waals surface area contributed by atoms with E-state index in [1.807, 2.05) is 67.6 Å². The van der Waals surface area contributed by atoms with Crippen LogP contribution in [0.4, 0.5) is 4.79 Å². The molecule has 4 heteroatoms. The second-order valence-electron chi connectivity index (χ2n) is 6.20. The molecule has 0 heterocycles. The number of alkyl carbamates (subject to hydrolysis) is 1. The van der Waals surface area contributed by atoms with Crippen LogP contribution < -0.4 is 5.32 Å². The second-order valence-corrected chi connectivity index (χ2v) is 6.20. The lowest BCUT2D eigenvalue weighted by atomic mass is 9.93. The molecule has 0 bridgehead atoms. The molecule has 3 rings (SSSR count). The molecule has 26 heavy (non-hydrogen) atoms. The third-order valence-corrected chi connectivity index (χ3v) is 4.36. The first kappa shape index (κ1) is 17.8. The van der Waals surface area contributed by atoms with Gasteiger partial charge in [0.2, 0.25) is 0 Å². The summed E-state index contributed by atoms with van der Waals surface area (Å²) < 4.78 is 5.28. The van der Waals surface area contributed by atoms with Gasteiger partial charge < -0.3 is 15.2 Å². The van der Waals surface area contributed by atoms with Gasteiger partial charge in [0.1, 0.15) is 5.75 Å². The van der Waals surface area contributed by atoms with Crippen molar-refractivity contribution in [1.29, 1.82) is 0 Å². The fourth-order valence-corrected chi connectivity index (χ4v) is 3.02. The Labute approximate surface area is 153 Å². The van der Waals surface area contributed by atoms with Gasteiger partial charge in [-0.25, -0.2) is 4.79 Å². The van der Waals surface area contributed by atoms with Crippen LogP contribution >= 0.6 is 0 Å². The highest BCUT2D eigenvalue weighted by Crippen LogP contribution is 2.35. The molecule has 1 unspecified atom stereocenters. The zero-order valence-electron chi connectivity index (χ0n) is 14.8. The molecule has 1 amide bonds. The van der Waals surface area contributed by atoms with Gasteiger partial charge >= 0.3 is 6.09 Å². The minimum atomic E-state index is -0.503. The lowest BCUT2D eigenvalue weighted by Crippen LogP contribution is -2.30. The van der Waals surface area contributed by atoms with Crippen LogP contribution in [-0.2, 0) is 4.74 Å². The summed E-state index contributed by atoms with van der Waals surface area (Å²) in [6.07, 6.45) is 1.29. The third-order valence-electron chi connectivity index (χ3n) is 4.36. The molecule has 0 aliphatic heterocycles. The first-order valence-electron chi connectivity index (χ1n) is 8.89. The Morgan fingerprint density at radius 1 is 1.04 bits per heavy atom. The third kappa shape index (κ3) is 3.97. The summed E-state index contributed by atoms with van der Waals surface area (Å²) in [5, 5.41) is 15.4. The summed E-state index contributed by atoms with van der Waals surface area (Å²) >= 11 is 0. The van der Waals surface area contributed by atoms with Crippen LogP contribution in [0, 0.1) is 0 Å². The molecule has 3 aromatic carbocycles. The number of unbranched alkanes of at least 4 members (excludes halogenated alkanes) is 1. The summed E-state index contributed by atoms with van der Waals surface area (Å²) in [5.41, 5.74) is 1.55. The molecule has 4 nitrogen and oxygen atoms in total. The Morgan fingerprint density at radius 2 is 1.77 bits per heavy atom. The number of hydrogen-bond acceptors (Lipinski definition) is 3. The van der Waals surface area contributed by atoms with Crippen molar-refractivity contribution in [3.8, 4) is 5.75 Å². The van der Waals surface area contributed by atoms with E-state index in [0.29, 0.717) is 12.2 Å². The lowest BCUT2D eigenvalue weighted by molar-refractivity contribution is 0.142. The summed E-state index contributed by atoms with van der Waals surface area (Å²) in [6, 6.07) is 20.4. The fourth-order valence-electron chi connectivity index (χ4n) is 3.02. The van der Waals surface area contributed by atoms with Crippen LogP contribution in [0.15, 0.2) is 66.7 Å². The summed E-state index contributed by atoms with van der Waals surface area (Å²) in [4.78, 5) is 12.3. The number of phenolic OH excluding ortho intramolecular Hbond substituents is 1. The average molecular weight is 349 g/mol. The number of fused-ring (bicyclic) bond motifs is 1. The van der Waals surface area contributed by atoms with Crippen molar-refractivity contribution in [1.82, 2.24) is 5.32 Å². The standard InChI is InChI=1S/C22H23NO3/c1-2-3-15-26-22(25)23-21(17-10-5-4-6-11-17)20-18-12-8-7-9-16(18)13-14-19(20)24/h4-14,21,24H,2-3,15H2,1H3,(H,23,25). The van der Waals surface area contributed by atoms with E-state index in [9.17, 15) is 9.90 Å². The first-order valence-corrected chi connectivity index (χ1v) is 8.89. The van der Waals surface area contributed by atoms with Crippen molar-refractivity contribution in [3.05, 3.63) is 77.9 Å². The number of carbonyl (C=O) groups excluding carboxylic acids is 1. The van der Waals surface area contributed by atoms with Gasteiger partial charge in [-0.1, -0.05) is 74.0 Å². The maximum Gasteiger partial charge on any atom is 0.407 e. The second kappa shape index (κ2) is 8.39. The minimum Gasteiger partial charge on any atom is -0.508 e. The number of ether oxygens (including phenoxy) is 1. The van der Waals surface area contributed by atoms with E-state index in [1.165, 1.54) is 0 Å². The zero-order chi connectivity index (χ0) is 18.4. The van der Waals surface area contributed by atoms with E-state index in [4.69, 9.17) is 4.74 Å². The monoisotopic (exact) mass is 349 g/mol. The Bertz CT molecular complexity index is 877. The Morgan fingerprint density at radius 3 is 2.54 bits per heavy atom. The summed E-state index contributed by atoms with van der Waals surface area (Å²) in [7, 11) is 0. The molecular formula is C22H23NO3. The van der Waals surface area contributed by atoms with Crippen LogP contribution in [-0.4, -0.2) is 17.8 Å². The SMILES string of the molecule is CCCCOC(=O)NC(c1ccccc1)c1c(O)ccc2ccccc12. The molecule has 0 spiro atoms. The molecule has 0 aliphatic carbocycles. The maximum absolute atomic E-state index is 12.3.